The number of carboxylic acid groups (broad SMARTS) is 1. The lowest BCUT2D eigenvalue weighted by atomic mass is 9.83. The Balaban J connectivity index is 1.81. The zero-order valence-corrected chi connectivity index (χ0v) is 14.1. The summed E-state index contributed by atoms with van der Waals surface area (Å²) in [6, 6.07) is 5.90. The second kappa shape index (κ2) is 5.98. The fraction of sp³-hybridized carbons (Fsp3) is 0.316. The van der Waals surface area contributed by atoms with Crippen LogP contribution in [0.3, 0.4) is 0 Å². The fourth-order valence-corrected chi connectivity index (χ4v) is 4.51. The molecule has 2 aromatic rings. The molecule has 1 aliphatic carbocycles. The van der Waals surface area contributed by atoms with Gasteiger partial charge >= 0.3 is 6.09 Å². The number of rotatable bonds is 2. The molecule has 0 atom stereocenters. The zero-order valence-electron chi connectivity index (χ0n) is 13.3. The Bertz CT molecular complexity index is 823. The molecule has 1 aliphatic heterocycles. The lowest BCUT2D eigenvalue weighted by Gasteiger charge is -2.32. The summed E-state index contributed by atoms with van der Waals surface area (Å²) in [6.07, 6.45) is 4.48. The minimum Gasteiger partial charge on any atom is -0.494 e. The van der Waals surface area contributed by atoms with E-state index in [4.69, 9.17) is 0 Å². The van der Waals surface area contributed by atoms with Crippen molar-refractivity contribution in [1.29, 1.82) is 0 Å². The average molecular weight is 341 g/mol. The highest BCUT2D eigenvalue weighted by Gasteiger charge is 2.32. The summed E-state index contributed by atoms with van der Waals surface area (Å²) < 4.78 is 0. The van der Waals surface area contributed by atoms with Crippen LogP contribution < -0.4 is 4.90 Å². The maximum Gasteiger partial charge on any atom is 0.418 e. The van der Waals surface area contributed by atoms with Crippen molar-refractivity contribution >= 4 is 23.1 Å². The van der Waals surface area contributed by atoms with Gasteiger partial charge in [-0.2, -0.15) is 11.3 Å². The average Bonchev–Trinajstić information content (AvgIpc) is 3.08. The van der Waals surface area contributed by atoms with Crippen LogP contribution in [0.4, 0.5) is 10.5 Å². The van der Waals surface area contributed by atoms with Crippen LogP contribution >= 0.6 is 11.3 Å². The summed E-state index contributed by atoms with van der Waals surface area (Å²) in [6.45, 7) is 0. The number of benzene rings is 1. The van der Waals surface area contributed by atoms with Gasteiger partial charge in [0.2, 0.25) is 5.88 Å². The van der Waals surface area contributed by atoms with Crippen LogP contribution in [0.1, 0.15) is 35.1 Å². The number of aliphatic hydroxyl groups excluding tert-OH is 1. The molecule has 5 heteroatoms. The van der Waals surface area contributed by atoms with E-state index in [1.54, 1.807) is 11.3 Å². The van der Waals surface area contributed by atoms with Crippen molar-refractivity contribution < 1.29 is 15.0 Å². The molecule has 24 heavy (non-hydrogen) atoms. The summed E-state index contributed by atoms with van der Waals surface area (Å²) in [5, 5.41) is 24.3. The van der Waals surface area contributed by atoms with Gasteiger partial charge in [-0.1, -0.05) is 6.07 Å². The van der Waals surface area contributed by atoms with Crippen LogP contribution in [-0.2, 0) is 25.7 Å². The zero-order chi connectivity index (χ0) is 16.7. The molecule has 0 saturated heterocycles. The van der Waals surface area contributed by atoms with Gasteiger partial charge in [-0.25, -0.2) is 9.69 Å². The van der Waals surface area contributed by atoms with Crippen LogP contribution in [0.25, 0.3) is 0 Å². The third kappa shape index (κ3) is 2.49. The van der Waals surface area contributed by atoms with Crippen molar-refractivity contribution in [2.45, 2.75) is 38.5 Å². The number of hydrogen-bond acceptors (Lipinski definition) is 3. The highest BCUT2D eigenvalue weighted by atomic mass is 32.1. The Kier molecular flexibility index (Phi) is 3.81. The van der Waals surface area contributed by atoms with Crippen LogP contribution in [-0.4, -0.2) is 16.3 Å². The topological polar surface area (TPSA) is 60.8 Å². The highest BCUT2D eigenvalue weighted by molar-refractivity contribution is 7.07. The molecule has 0 unspecified atom stereocenters. The van der Waals surface area contributed by atoms with Crippen molar-refractivity contribution in [3.05, 3.63) is 62.7 Å². The molecule has 4 rings (SSSR count). The Morgan fingerprint density at radius 1 is 1.17 bits per heavy atom. The van der Waals surface area contributed by atoms with E-state index in [1.165, 1.54) is 17.5 Å². The molecule has 1 aromatic heterocycles. The molecule has 4 nitrogen and oxygen atoms in total. The third-order valence-corrected chi connectivity index (χ3v) is 5.71. The SMILES string of the molecule is O=C(O)N1C(O)=C(Cc2ccsc2)Cc2c1ccc1c2CCCC1. The number of thiophene rings is 1. The van der Waals surface area contributed by atoms with Crippen molar-refractivity contribution in [2.75, 3.05) is 4.90 Å². The van der Waals surface area contributed by atoms with E-state index >= 15 is 0 Å². The van der Waals surface area contributed by atoms with Crippen molar-refractivity contribution in [3.63, 3.8) is 0 Å². The molecule has 1 aromatic carbocycles. The number of fused-ring (bicyclic) bond motifs is 3. The normalized spacial score (nSPS) is 16.8. The number of nitrogens with zero attached hydrogens (tertiary/aromatic N) is 1. The summed E-state index contributed by atoms with van der Waals surface area (Å²) >= 11 is 1.61. The number of hydrogen-bond donors (Lipinski definition) is 2. The Hall–Kier alpha value is -2.27. The molecule has 2 heterocycles. The maximum absolute atomic E-state index is 11.8. The number of allylic oxidation sites excluding steroid dienone is 1. The van der Waals surface area contributed by atoms with E-state index < -0.39 is 6.09 Å². The second-order valence-corrected chi connectivity index (χ2v) is 7.22. The summed E-state index contributed by atoms with van der Waals surface area (Å²) in [4.78, 5) is 12.8. The molecule has 2 aliphatic rings. The lowest BCUT2D eigenvalue weighted by Crippen LogP contribution is -2.34. The van der Waals surface area contributed by atoms with E-state index in [1.807, 2.05) is 29.0 Å². The molecule has 0 fully saturated rings. The van der Waals surface area contributed by atoms with Crippen molar-refractivity contribution in [3.8, 4) is 0 Å². The third-order valence-electron chi connectivity index (χ3n) is 4.97. The predicted molar refractivity (Wildman–Crippen MR) is 95.0 cm³/mol. The summed E-state index contributed by atoms with van der Waals surface area (Å²) in [5.41, 5.74) is 6.22. The van der Waals surface area contributed by atoms with Crippen LogP contribution in [0, 0.1) is 0 Å². The number of anilines is 1. The largest absolute Gasteiger partial charge is 0.494 e. The first-order valence-electron chi connectivity index (χ1n) is 8.24. The van der Waals surface area contributed by atoms with Gasteiger partial charge < -0.3 is 10.2 Å². The molecule has 0 spiro atoms. The van der Waals surface area contributed by atoms with Gasteiger partial charge in [-0.05, 0) is 76.4 Å². The Labute approximate surface area is 144 Å². The molecule has 1 amide bonds. The second-order valence-electron chi connectivity index (χ2n) is 6.44. The van der Waals surface area contributed by atoms with Crippen molar-refractivity contribution in [1.82, 2.24) is 0 Å². The number of amides is 1. The van der Waals surface area contributed by atoms with Crippen molar-refractivity contribution in [2.24, 2.45) is 0 Å². The highest BCUT2D eigenvalue weighted by Crippen LogP contribution is 2.39. The first-order chi connectivity index (χ1) is 11.6. The fourth-order valence-electron chi connectivity index (χ4n) is 3.84. The quantitative estimate of drug-likeness (QED) is 0.834. The van der Waals surface area contributed by atoms with Gasteiger partial charge in [0.25, 0.3) is 0 Å². The van der Waals surface area contributed by atoms with Gasteiger partial charge in [-0.3, -0.25) is 0 Å². The molecule has 0 saturated carbocycles. The Morgan fingerprint density at radius 2 is 2.00 bits per heavy atom. The molecule has 0 bridgehead atoms. The first kappa shape index (κ1) is 15.3. The van der Waals surface area contributed by atoms with E-state index in [-0.39, 0.29) is 5.88 Å². The predicted octanol–water partition coefficient (Wildman–Crippen LogP) is 4.68. The summed E-state index contributed by atoms with van der Waals surface area (Å²) in [7, 11) is 0. The first-order valence-corrected chi connectivity index (χ1v) is 9.18. The number of carbonyl (C=O) groups is 1. The van der Waals surface area contributed by atoms with E-state index in [0.717, 1.165) is 40.9 Å². The molecule has 0 radical (unpaired) electrons. The molecular weight excluding hydrogens is 322 g/mol. The van der Waals surface area contributed by atoms with Gasteiger partial charge in [0.1, 0.15) is 0 Å². The van der Waals surface area contributed by atoms with Gasteiger partial charge in [-0.15, -0.1) is 0 Å². The number of aryl methyl sites for hydroxylation is 1. The lowest BCUT2D eigenvalue weighted by molar-refractivity contribution is 0.198. The molecular formula is C19H19NO3S. The maximum atomic E-state index is 11.8. The van der Waals surface area contributed by atoms with Crippen LogP contribution in [0.2, 0.25) is 0 Å². The van der Waals surface area contributed by atoms with Gasteiger partial charge in [0, 0.05) is 12.8 Å². The van der Waals surface area contributed by atoms with E-state index in [9.17, 15) is 15.0 Å². The van der Waals surface area contributed by atoms with Crippen LogP contribution in [0.5, 0.6) is 0 Å². The van der Waals surface area contributed by atoms with Gasteiger partial charge in [0.05, 0.1) is 5.69 Å². The van der Waals surface area contributed by atoms with E-state index in [0.29, 0.717) is 18.5 Å². The number of aliphatic hydroxyl groups is 1. The Morgan fingerprint density at radius 3 is 2.75 bits per heavy atom. The minimum absolute atomic E-state index is 0.128. The standard InChI is InChI=1S/C19H19NO3S/c21-18-14(9-12-7-8-24-11-12)10-16-15-4-2-1-3-13(15)5-6-17(16)20(18)19(22)23/h5-8,11,21H,1-4,9-10H2,(H,22,23). The van der Waals surface area contributed by atoms with E-state index in [2.05, 4.69) is 0 Å². The monoisotopic (exact) mass is 341 g/mol. The van der Waals surface area contributed by atoms with Crippen LogP contribution in [0.15, 0.2) is 40.4 Å². The summed E-state index contributed by atoms with van der Waals surface area (Å²) in [5.74, 6) is -0.128. The van der Waals surface area contributed by atoms with Gasteiger partial charge in [0.15, 0.2) is 0 Å². The smallest absolute Gasteiger partial charge is 0.418 e. The molecule has 2 N–H and O–H groups in total. The molecule has 124 valence electrons. The minimum atomic E-state index is -1.13.